The number of fused-ring (bicyclic) bond motifs is 1. The van der Waals surface area contributed by atoms with Crippen molar-refractivity contribution in [2.75, 3.05) is 29.6 Å². The monoisotopic (exact) mass is 448 g/mol. The molecule has 0 amide bonds. The minimum Gasteiger partial charge on any atom is -0.377 e. The Hall–Kier alpha value is -1.78. The molecule has 2 atom stereocenters. The second-order valence-electron chi connectivity index (χ2n) is 7.20. The van der Waals surface area contributed by atoms with E-state index in [0.717, 1.165) is 0 Å². The molecule has 2 aliphatic heterocycles. The van der Waals surface area contributed by atoms with Crippen LogP contribution in [0.5, 0.6) is 0 Å². The molecule has 2 aliphatic rings. The molecule has 0 radical (unpaired) electrons. The van der Waals surface area contributed by atoms with Gasteiger partial charge in [0.05, 0.1) is 30.1 Å². The van der Waals surface area contributed by atoms with Crippen molar-refractivity contribution in [2.24, 2.45) is 0 Å². The Balaban J connectivity index is 1.78. The lowest BCUT2D eigenvalue weighted by Crippen LogP contribution is -2.52. The smallest absolute Gasteiger partial charge is 0.377 e. The number of alkyl halides is 3. The third-order valence-electron chi connectivity index (χ3n) is 5.23. The van der Waals surface area contributed by atoms with Gasteiger partial charge in [0, 0.05) is 24.0 Å². The summed E-state index contributed by atoms with van der Waals surface area (Å²) >= 11 is 7.18. The van der Waals surface area contributed by atoms with Gasteiger partial charge in [-0.2, -0.15) is 18.2 Å². The fourth-order valence-corrected chi connectivity index (χ4v) is 4.89. The predicted molar refractivity (Wildman–Crippen MR) is 106 cm³/mol. The molecule has 1 fully saturated rings. The van der Waals surface area contributed by atoms with Crippen LogP contribution in [0.1, 0.15) is 18.2 Å². The predicted octanol–water partition coefficient (Wildman–Crippen LogP) is 3.52. The topological polar surface area (TPSA) is 50.6 Å². The molecule has 0 unspecified atom stereocenters. The second kappa shape index (κ2) is 7.81. The molecule has 158 valence electrons. The van der Waals surface area contributed by atoms with Gasteiger partial charge in [0.2, 0.25) is 5.95 Å². The molecule has 0 bridgehead atoms. The zero-order valence-electron chi connectivity index (χ0n) is 15.7. The van der Waals surface area contributed by atoms with Gasteiger partial charge in [-0.05, 0) is 25.5 Å². The molecule has 11 heteroatoms. The Morgan fingerprint density at radius 3 is 2.79 bits per heavy atom. The Labute approximate surface area is 174 Å². The van der Waals surface area contributed by atoms with Crippen molar-refractivity contribution in [1.82, 2.24) is 9.55 Å². The highest BCUT2D eigenvalue weighted by Crippen LogP contribution is 2.36. The average molecular weight is 449 g/mol. The zero-order chi connectivity index (χ0) is 20.8. The molecule has 0 aliphatic carbocycles. The van der Waals surface area contributed by atoms with E-state index >= 15 is 0 Å². The van der Waals surface area contributed by atoms with E-state index in [1.807, 2.05) is 11.8 Å². The van der Waals surface area contributed by atoms with Crippen molar-refractivity contribution < 1.29 is 17.9 Å². The Kier molecular flexibility index (Phi) is 5.52. The fourth-order valence-electron chi connectivity index (χ4n) is 3.80. The number of halogens is 4. The number of nitrogens with zero attached hydrogens (tertiary/aromatic N) is 4. The third kappa shape index (κ3) is 4.10. The fraction of sp³-hybridized carbons (Fsp3) is 0.556. The summed E-state index contributed by atoms with van der Waals surface area (Å²) in [6, 6.07) is 3.02. The number of rotatable bonds is 3. The molecule has 2 aromatic rings. The molecule has 0 aromatic carbocycles. The molecule has 0 spiro atoms. The van der Waals surface area contributed by atoms with Crippen LogP contribution in [0.25, 0.3) is 0 Å². The van der Waals surface area contributed by atoms with Gasteiger partial charge in [-0.15, -0.1) is 11.3 Å². The molecular formula is C18H20ClF3N4O2S. The van der Waals surface area contributed by atoms with E-state index in [2.05, 4.69) is 4.98 Å². The Morgan fingerprint density at radius 2 is 2.14 bits per heavy atom. The molecule has 0 N–H and O–H groups in total. The maximum atomic E-state index is 13.8. The van der Waals surface area contributed by atoms with Gasteiger partial charge in [-0.1, -0.05) is 11.6 Å². The minimum absolute atomic E-state index is 0.0177. The van der Waals surface area contributed by atoms with Gasteiger partial charge < -0.3 is 14.5 Å². The highest BCUT2D eigenvalue weighted by molar-refractivity contribution is 7.16. The summed E-state index contributed by atoms with van der Waals surface area (Å²) < 4.78 is 48.7. The van der Waals surface area contributed by atoms with Gasteiger partial charge in [0.1, 0.15) is 11.9 Å². The number of anilines is 2. The first-order chi connectivity index (χ1) is 13.7. The molecule has 6 nitrogen and oxygen atoms in total. The maximum Gasteiger partial charge on any atom is 0.408 e. The Bertz CT molecular complexity index is 948. The number of aromatic nitrogens is 2. The van der Waals surface area contributed by atoms with E-state index in [1.54, 1.807) is 12.1 Å². The summed E-state index contributed by atoms with van der Waals surface area (Å²) in [6.07, 6.45) is -4.64. The normalized spacial score (nSPS) is 22.7. The van der Waals surface area contributed by atoms with Gasteiger partial charge in [0.15, 0.2) is 0 Å². The van der Waals surface area contributed by atoms with Crippen molar-refractivity contribution in [3.05, 3.63) is 37.8 Å². The quantitative estimate of drug-likeness (QED) is 0.719. The minimum atomic E-state index is -4.44. The molecule has 29 heavy (non-hydrogen) atoms. The average Bonchev–Trinajstić information content (AvgIpc) is 3.06. The van der Waals surface area contributed by atoms with Gasteiger partial charge >= 0.3 is 6.18 Å². The highest BCUT2D eigenvalue weighted by atomic mass is 35.5. The van der Waals surface area contributed by atoms with Crippen molar-refractivity contribution in [1.29, 1.82) is 0 Å². The van der Waals surface area contributed by atoms with E-state index in [0.29, 0.717) is 34.8 Å². The van der Waals surface area contributed by atoms with Crippen LogP contribution in [0.4, 0.5) is 24.9 Å². The van der Waals surface area contributed by atoms with Crippen molar-refractivity contribution in [3.63, 3.8) is 0 Å². The molecule has 2 aromatic heterocycles. The first kappa shape index (κ1) is 20.5. The lowest BCUT2D eigenvalue weighted by Gasteiger charge is -2.40. The van der Waals surface area contributed by atoms with Crippen LogP contribution in [0.2, 0.25) is 4.34 Å². The molecule has 4 heterocycles. The van der Waals surface area contributed by atoms with Crippen LogP contribution in [-0.2, 0) is 17.8 Å². The number of thiophene rings is 1. The van der Waals surface area contributed by atoms with E-state index in [-0.39, 0.29) is 37.1 Å². The van der Waals surface area contributed by atoms with Gasteiger partial charge in [0.25, 0.3) is 5.56 Å². The first-order valence-electron chi connectivity index (χ1n) is 9.28. The molecule has 0 saturated carbocycles. The number of morpholine rings is 1. The summed E-state index contributed by atoms with van der Waals surface area (Å²) in [6.45, 7) is 3.37. The first-order valence-corrected chi connectivity index (χ1v) is 10.5. The third-order valence-corrected chi connectivity index (χ3v) is 6.44. The zero-order valence-corrected chi connectivity index (χ0v) is 17.2. The second-order valence-corrected chi connectivity index (χ2v) is 9.00. The van der Waals surface area contributed by atoms with E-state index < -0.39 is 12.2 Å². The van der Waals surface area contributed by atoms with E-state index in [4.69, 9.17) is 16.3 Å². The highest BCUT2D eigenvalue weighted by Gasteiger charge is 2.47. The van der Waals surface area contributed by atoms with Crippen LogP contribution in [-0.4, -0.2) is 47.6 Å². The molecule has 4 rings (SSSR count). The van der Waals surface area contributed by atoms with Crippen molar-refractivity contribution >= 4 is 34.7 Å². The van der Waals surface area contributed by atoms with Crippen LogP contribution >= 0.6 is 22.9 Å². The SMILES string of the molecule is C[C@@H]1COCCN1c1cc(=O)n2c(n1)N(Cc1ccc(Cl)s1)[C@H](C(F)(F)F)CC2. The number of ether oxygens (including phenoxy) is 1. The van der Waals surface area contributed by atoms with Crippen molar-refractivity contribution in [3.8, 4) is 0 Å². The summed E-state index contributed by atoms with van der Waals surface area (Å²) in [5, 5.41) is 0. The van der Waals surface area contributed by atoms with Gasteiger partial charge in [-0.3, -0.25) is 9.36 Å². The van der Waals surface area contributed by atoms with Crippen LogP contribution in [0.15, 0.2) is 23.0 Å². The summed E-state index contributed by atoms with van der Waals surface area (Å²) in [7, 11) is 0. The lowest BCUT2D eigenvalue weighted by atomic mass is 10.1. The van der Waals surface area contributed by atoms with E-state index in [9.17, 15) is 18.0 Å². The Morgan fingerprint density at radius 1 is 1.34 bits per heavy atom. The van der Waals surface area contributed by atoms with Gasteiger partial charge in [-0.25, -0.2) is 0 Å². The summed E-state index contributed by atoms with van der Waals surface area (Å²) in [5.41, 5.74) is -0.349. The van der Waals surface area contributed by atoms with E-state index in [1.165, 1.54) is 26.9 Å². The molecule has 1 saturated heterocycles. The maximum absolute atomic E-state index is 13.8. The van der Waals surface area contributed by atoms with Crippen LogP contribution < -0.4 is 15.4 Å². The summed E-state index contributed by atoms with van der Waals surface area (Å²) in [4.78, 5) is 21.0. The largest absolute Gasteiger partial charge is 0.408 e. The lowest BCUT2D eigenvalue weighted by molar-refractivity contribution is -0.153. The number of hydrogen-bond donors (Lipinski definition) is 0. The van der Waals surface area contributed by atoms with Crippen molar-refractivity contribution in [2.45, 2.75) is 44.7 Å². The van der Waals surface area contributed by atoms with Crippen LogP contribution in [0.3, 0.4) is 0 Å². The van der Waals surface area contributed by atoms with Crippen LogP contribution in [0, 0.1) is 0 Å². The molecular weight excluding hydrogens is 429 g/mol. The number of hydrogen-bond acceptors (Lipinski definition) is 6. The summed E-state index contributed by atoms with van der Waals surface area (Å²) in [5.74, 6) is 0.429. The standard InChI is InChI=1S/C18H20ClF3N4O2S/c1-11-10-28-7-6-24(11)15-8-16(27)25-5-4-13(18(20,21)22)26(17(25)23-15)9-12-2-3-14(19)29-12/h2-3,8,11,13H,4-7,9-10H2,1H3/t11-,13+/m1/s1.